The number of phenols is 1. The van der Waals surface area contributed by atoms with Crippen LogP contribution in [0.3, 0.4) is 0 Å². The van der Waals surface area contributed by atoms with Crippen molar-refractivity contribution >= 4 is 16.8 Å². The third-order valence-corrected chi connectivity index (χ3v) is 8.35. The smallest absolute Gasteiger partial charge is 0.219 e. The minimum atomic E-state index is 0.153. The maximum absolute atomic E-state index is 10.4. The third kappa shape index (κ3) is 4.44. The lowest BCUT2D eigenvalue weighted by Crippen LogP contribution is -2.40. The Labute approximate surface area is 213 Å². The summed E-state index contributed by atoms with van der Waals surface area (Å²) in [6.07, 6.45) is 9.87. The van der Waals surface area contributed by atoms with Gasteiger partial charge in [0.25, 0.3) is 0 Å². The number of nitrogens with zero attached hydrogens (tertiary/aromatic N) is 2. The van der Waals surface area contributed by atoms with Crippen LogP contribution >= 0.6 is 0 Å². The Hall–Kier alpha value is -3.08. The first-order chi connectivity index (χ1) is 17.4. The molecule has 1 N–H and O–H groups in total. The molecule has 2 atom stereocenters. The molecule has 0 radical (unpaired) electrons. The van der Waals surface area contributed by atoms with Gasteiger partial charge < -0.3 is 14.6 Å². The number of phenolic OH excluding ortho intramolecular Hbond substituents is 1. The van der Waals surface area contributed by atoms with Gasteiger partial charge in [0.1, 0.15) is 23.1 Å². The van der Waals surface area contributed by atoms with Gasteiger partial charge in [0, 0.05) is 17.0 Å². The predicted molar refractivity (Wildman–Crippen MR) is 143 cm³/mol. The van der Waals surface area contributed by atoms with Gasteiger partial charge in [0.2, 0.25) is 11.8 Å². The second-order valence-corrected chi connectivity index (χ2v) is 11.6. The molecule has 1 aliphatic heterocycles. The van der Waals surface area contributed by atoms with E-state index in [0.717, 1.165) is 34.6 Å². The fraction of sp³-hybridized carbons (Fsp3) is 0.484. The lowest BCUT2D eigenvalue weighted by Gasteiger charge is -2.37. The van der Waals surface area contributed by atoms with Gasteiger partial charge in [-0.05, 0) is 97.9 Å². The standard InChI is InChI=1S/C31H36N2O3/c1-19-14-21-11-12-27(32-28(21)25(34)15-19)35-24-17-22(20-8-5-4-6-9-20)16-23(18-24)30-33-29-26(36-30)10-7-13-31(29,2)3/h11-12,14-18,20,26,29,34H,4-10,13H2,1-3H3/t26-,29-/m1/s1. The van der Waals surface area contributed by atoms with Gasteiger partial charge in [-0.1, -0.05) is 33.1 Å². The summed E-state index contributed by atoms with van der Waals surface area (Å²) in [5.41, 5.74) is 4.00. The molecule has 3 aliphatic rings. The molecule has 0 unspecified atom stereocenters. The number of ether oxygens (including phenoxy) is 2. The number of fused-ring (bicyclic) bond motifs is 2. The van der Waals surface area contributed by atoms with Gasteiger partial charge in [-0.2, -0.15) is 0 Å². The number of benzene rings is 2. The van der Waals surface area contributed by atoms with E-state index in [9.17, 15) is 5.11 Å². The molecule has 3 aromatic rings. The number of aliphatic imine (C=N–C) groups is 1. The Balaban J connectivity index is 1.37. The summed E-state index contributed by atoms with van der Waals surface area (Å²) in [6, 6.07) is 14.2. The van der Waals surface area contributed by atoms with Crippen LogP contribution in [0.4, 0.5) is 0 Å². The third-order valence-electron chi connectivity index (χ3n) is 8.35. The molecule has 0 saturated heterocycles. The Morgan fingerprint density at radius 1 is 0.972 bits per heavy atom. The number of hydrogen-bond donors (Lipinski definition) is 1. The Morgan fingerprint density at radius 3 is 2.61 bits per heavy atom. The van der Waals surface area contributed by atoms with Crippen molar-refractivity contribution in [1.82, 2.24) is 4.98 Å². The Bertz CT molecular complexity index is 1320. The minimum absolute atomic E-state index is 0.153. The first-order valence-corrected chi connectivity index (χ1v) is 13.5. The number of aromatic nitrogens is 1. The van der Waals surface area contributed by atoms with E-state index in [4.69, 9.17) is 14.5 Å². The molecular weight excluding hydrogens is 448 g/mol. The van der Waals surface area contributed by atoms with E-state index in [1.165, 1.54) is 50.5 Å². The topological polar surface area (TPSA) is 63.9 Å². The van der Waals surface area contributed by atoms with E-state index < -0.39 is 0 Å². The molecule has 2 aromatic carbocycles. The monoisotopic (exact) mass is 484 g/mol. The van der Waals surface area contributed by atoms with Crippen LogP contribution in [0.2, 0.25) is 0 Å². The molecule has 2 aliphatic carbocycles. The largest absolute Gasteiger partial charge is 0.506 e. The highest BCUT2D eigenvalue weighted by molar-refractivity contribution is 5.96. The van der Waals surface area contributed by atoms with Crippen molar-refractivity contribution < 1.29 is 14.6 Å². The minimum Gasteiger partial charge on any atom is -0.506 e. The number of aromatic hydroxyl groups is 1. The van der Waals surface area contributed by atoms with Gasteiger partial charge in [0.15, 0.2) is 0 Å². The average Bonchev–Trinajstić information content (AvgIpc) is 3.31. The van der Waals surface area contributed by atoms with Crippen LogP contribution in [-0.4, -0.2) is 28.1 Å². The maximum Gasteiger partial charge on any atom is 0.219 e. The molecule has 188 valence electrons. The average molecular weight is 485 g/mol. The molecule has 0 spiro atoms. The second-order valence-electron chi connectivity index (χ2n) is 11.6. The van der Waals surface area contributed by atoms with Crippen molar-refractivity contribution in [3.8, 4) is 17.4 Å². The van der Waals surface area contributed by atoms with Crippen LogP contribution in [0, 0.1) is 12.3 Å². The highest BCUT2D eigenvalue weighted by atomic mass is 16.5. The Kier molecular flexibility index (Phi) is 5.89. The van der Waals surface area contributed by atoms with Crippen LogP contribution in [0.15, 0.2) is 47.5 Å². The predicted octanol–water partition coefficient (Wildman–Crippen LogP) is 7.81. The normalized spacial score (nSPS) is 23.7. The molecule has 0 bridgehead atoms. The summed E-state index contributed by atoms with van der Waals surface area (Å²) in [4.78, 5) is 9.74. The van der Waals surface area contributed by atoms with Gasteiger partial charge >= 0.3 is 0 Å². The lowest BCUT2D eigenvalue weighted by atomic mass is 9.72. The number of rotatable bonds is 4. The SMILES string of the molecule is Cc1cc(O)c2nc(Oc3cc(C4=N[C@@H]5[C@@H](CCCC5(C)C)O4)cc(C4CCCCC4)c3)ccc2c1. The first-order valence-electron chi connectivity index (χ1n) is 13.5. The molecule has 5 heteroatoms. The molecule has 2 saturated carbocycles. The quantitative estimate of drug-likeness (QED) is 0.410. The van der Waals surface area contributed by atoms with Crippen LogP contribution in [0.1, 0.15) is 87.8 Å². The summed E-state index contributed by atoms with van der Waals surface area (Å²) in [5.74, 6) is 2.66. The molecule has 5 nitrogen and oxygen atoms in total. The van der Waals surface area contributed by atoms with Gasteiger partial charge in [-0.25, -0.2) is 9.98 Å². The first kappa shape index (κ1) is 23.3. The fourth-order valence-electron chi connectivity index (χ4n) is 6.39. The molecule has 2 heterocycles. The summed E-state index contributed by atoms with van der Waals surface area (Å²) in [7, 11) is 0. The molecule has 0 amide bonds. The van der Waals surface area contributed by atoms with E-state index in [1.54, 1.807) is 6.07 Å². The van der Waals surface area contributed by atoms with Crippen LogP contribution in [0.5, 0.6) is 17.4 Å². The van der Waals surface area contributed by atoms with E-state index in [-0.39, 0.29) is 23.3 Å². The zero-order chi connectivity index (χ0) is 24.9. The van der Waals surface area contributed by atoms with Crippen LogP contribution in [0.25, 0.3) is 10.9 Å². The van der Waals surface area contributed by atoms with E-state index in [0.29, 0.717) is 17.3 Å². The van der Waals surface area contributed by atoms with Gasteiger partial charge in [-0.3, -0.25) is 0 Å². The number of pyridine rings is 1. The highest BCUT2D eigenvalue weighted by Crippen LogP contribution is 2.43. The van der Waals surface area contributed by atoms with Crippen molar-refractivity contribution in [1.29, 1.82) is 0 Å². The zero-order valence-electron chi connectivity index (χ0n) is 21.6. The molecule has 2 fully saturated rings. The summed E-state index contributed by atoms with van der Waals surface area (Å²) in [5, 5.41) is 11.3. The maximum atomic E-state index is 10.4. The number of aryl methyl sites for hydroxylation is 1. The number of hydrogen-bond acceptors (Lipinski definition) is 5. The fourth-order valence-corrected chi connectivity index (χ4v) is 6.39. The van der Waals surface area contributed by atoms with Crippen molar-refractivity contribution in [2.24, 2.45) is 10.4 Å². The summed E-state index contributed by atoms with van der Waals surface area (Å²) in [6.45, 7) is 6.59. The zero-order valence-corrected chi connectivity index (χ0v) is 21.6. The van der Waals surface area contributed by atoms with Crippen LogP contribution in [-0.2, 0) is 4.74 Å². The van der Waals surface area contributed by atoms with Crippen molar-refractivity contribution in [2.75, 3.05) is 0 Å². The van der Waals surface area contributed by atoms with E-state index in [2.05, 4.69) is 31.0 Å². The summed E-state index contributed by atoms with van der Waals surface area (Å²) < 4.78 is 12.8. The van der Waals surface area contributed by atoms with Crippen molar-refractivity contribution in [3.63, 3.8) is 0 Å². The van der Waals surface area contributed by atoms with Gasteiger partial charge in [0.05, 0.1) is 6.04 Å². The molecule has 1 aromatic heterocycles. The molecular formula is C31H36N2O3. The second kappa shape index (κ2) is 9.10. The lowest BCUT2D eigenvalue weighted by molar-refractivity contribution is 0.0768. The van der Waals surface area contributed by atoms with Crippen LogP contribution < -0.4 is 4.74 Å². The van der Waals surface area contributed by atoms with E-state index in [1.807, 2.05) is 31.2 Å². The van der Waals surface area contributed by atoms with E-state index >= 15 is 0 Å². The summed E-state index contributed by atoms with van der Waals surface area (Å²) >= 11 is 0. The van der Waals surface area contributed by atoms with Crippen molar-refractivity contribution in [2.45, 2.75) is 90.2 Å². The van der Waals surface area contributed by atoms with Crippen molar-refractivity contribution in [3.05, 3.63) is 59.2 Å². The molecule has 6 rings (SSSR count). The Morgan fingerprint density at radius 2 is 1.81 bits per heavy atom. The highest BCUT2D eigenvalue weighted by Gasteiger charge is 2.44. The van der Waals surface area contributed by atoms with Gasteiger partial charge in [-0.15, -0.1) is 0 Å². The molecule has 36 heavy (non-hydrogen) atoms.